The smallest absolute Gasteiger partial charge is 0.443 e. The van der Waals surface area contributed by atoms with Crippen LogP contribution in [0.1, 0.15) is 25.7 Å². The minimum atomic E-state index is -7.72. The van der Waals surface area contributed by atoms with Gasteiger partial charge in [-0.15, -0.1) is 0 Å². The lowest BCUT2D eigenvalue weighted by atomic mass is 9.98. The first kappa shape index (κ1) is 45.0. The van der Waals surface area contributed by atoms with Crippen LogP contribution in [0.4, 0.5) is 106 Å². The summed E-state index contributed by atoms with van der Waals surface area (Å²) in [5, 5.41) is 3.08. The molecule has 6 nitrogen and oxygen atoms in total. The normalized spacial score (nSPS) is 14.9. The van der Waals surface area contributed by atoms with Gasteiger partial charge in [0.1, 0.15) is 0 Å². The van der Waals surface area contributed by atoms with Crippen molar-refractivity contribution in [2.75, 3.05) is 26.3 Å². The lowest BCUT2D eigenvalue weighted by Gasteiger charge is -2.36. The molecule has 0 atom stereocenters. The summed E-state index contributed by atoms with van der Waals surface area (Å²) in [6, 6.07) is 0. The van der Waals surface area contributed by atoms with Crippen LogP contribution in [0.15, 0.2) is 0 Å². The second kappa shape index (κ2) is 14.5. The van der Waals surface area contributed by atoms with E-state index in [0.29, 0.717) is 0 Å². The van der Waals surface area contributed by atoms with Gasteiger partial charge in [0, 0.05) is 13.1 Å². The van der Waals surface area contributed by atoms with E-state index in [-0.39, 0.29) is 25.7 Å². The molecule has 48 heavy (non-hydrogen) atoms. The Labute approximate surface area is 251 Å². The Kier molecular flexibility index (Phi) is 13.6. The van der Waals surface area contributed by atoms with E-state index in [2.05, 4.69) is 9.47 Å². The van der Waals surface area contributed by atoms with Crippen LogP contribution in [0.3, 0.4) is 0 Å². The Hall–Kier alpha value is -3.00. The second-order valence-electron chi connectivity index (χ2n) is 9.27. The molecule has 0 aliphatic carbocycles. The molecule has 0 aromatic rings. The molecule has 0 unspecified atom stereocenters. The van der Waals surface area contributed by atoms with Crippen LogP contribution >= 0.6 is 0 Å². The fourth-order valence-electron chi connectivity index (χ4n) is 2.79. The molecule has 0 spiro atoms. The molecule has 0 aromatic heterocycles. The van der Waals surface area contributed by atoms with E-state index >= 15 is 0 Å². The summed E-state index contributed by atoms with van der Waals surface area (Å²) >= 11 is 0. The molecule has 0 rings (SSSR count). The van der Waals surface area contributed by atoms with Gasteiger partial charge in [0.2, 0.25) is 0 Å². The Morgan fingerprint density at radius 1 is 0.375 bits per heavy atom. The Morgan fingerprint density at radius 2 is 0.625 bits per heavy atom. The molecule has 0 aliphatic heterocycles. The van der Waals surface area contributed by atoms with E-state index < -0.39 is 98.2 Å². The van der Waals surface area contributed by atoms with Gasteiger partial charge in [0.25, 0.3) is 0 Å². The van der Waals surface area contributed by atoms with Crippen molar-refractivity contribution in [3.8, 4) is 0 Å². The zero-order valence-corrected chi connectivity index (χ0v) is 22.6. The van der Waals surface area contributed by atoms with Gasteiger partial charge in [-0.2, -0.15) is 96.6 Å². The van der Waals surface area contributed by atoms with E-state index in [1.165, 1.54) is 0 Å². The fraction of sp³-hybridized carbons (Fsp3) is 0.900. The minimum Gasteiger partial charge on any atom is -0.443 e. The summed E-state index contributed by atoms with van der Waals surface area (Å²) in [7, 11) is 0. The highest BCUT2D eigenvalue weighted by molar-refractivity contribution is 5.67. The summed E-state index contributed by atoms with van der Waals surface area (Å²) in [6.07, 6.45) is -19.5. The number of alkyl halides is 22. The molecule has 286 valence electrons. The molecule has 0 radical (unpaired) electrons. The zero-order valence-electron chi connectivity index (χ0n) is 22.6. The first-order valence-corrected chi connectivity index (χ1v) is 12.0. The number of carbonyl (C=O) groups is 2. The van der Waals surface area contributed by atoms with Gasteiger partial charge in [-0.05, 0) is 12.8 Å². The number of unbranched alkanes of at least 4 members (excludes halogenated alkanes) is 3. The number of rotatable bonds is 17. The molecule has 0 saturated heterocycles. The standard InChI is InChI=1S/C20H18F22N2O4/c21-11(22,13(25,26)15(29,30)17(33,34)19(37,38)39)7-47-9(45)43-5-3-1-2-4-6-44-10(46)48-8-12(23,24)14(27,28)16(31,32)18(35,36)20(40,41)42/h1-8H2,(H,43,45)(H,44,46). The average molecular weight is 768 g/mol. The van der Waals surface area contributed by atoms with Crippen LogP contribution in [0, 0.1) is 0 Å². The summed E-state index contributed by atoms with van der Waals surface area (Å²) in [5.74, 6) is -58.5. The number of alkyl carbamates (subject to hydrolysis) is 2. The number of amides is 2. The highest BCUT2D eigenvalue weighted by atomic mass is 19.4. The average Bonchev–Trinajstić information content (AvgIpc) is 2.90. The molecular formula is C20H18F22N2O4. The maximum absolute atomic E-state index is 13.4. The van der Waals surface area contributed by atoms with Gasteiger partial charge in [0.05, 0.1) is 0 Å². The summed E-state index contributed by atoms with van der Waals surface area (Å²) in [4.78, 5) is 22.5. The molecule has 2 N–H and O–H groups in total. The third kappa shape index (κ3) is 8.96. The third-order valence-electron chi connectivity index (χ3n) is 5.62. The van der Waals surface area contributed by atoms with Crippen LogP contribution in [-0.2, 0) is 9.47 Å². The van der Waals surface area contributed by atoms with E-state index in [9.17, 15) is 106 Å². The number of nitrogens with one attached hydrogen (secondary N) is 2. The van der Waals surface area contributed by atoms with Crippen LogP contribution < -0.4 is 10.6 Å². The third-order valence-corrected chi connectivity index (χ3v) is 5.62. The van der Waals surface area contributed by atoms with Crippen molar-refractivity contribution in [1.82, 2.24) is 10.6 Å². The Morgan fingerprint density at radius 3 is 0.854 bits per heavy atom. The maximum Gasteiger partial charge on any atom is 0.460 e. The monoisotopic (exact) mass is 768 g/mol. The van der Waals surface area contributed by atoms with Gasteiger partial charge in [-0.3, -0.25) is 0 Å². The summed E-state index contributed by atoms with van der Waals surface area (Å²) in [5.41, 5.74) is 0. The predicted octanol–water partition coefficient (Wildman–Crippen LogP) is 8.21. The SMILES string of the molecule is O=C(NCCCCCCNC(=O)OCC(F)(F)C(F)(F)C(F)(F)C(F)(F)C(F)(F)F)OCC(F)(F)C(F)(F)C(F)(F)C(F)(F)C(F)(F)F. The Balaban J connectivity index is 4.64. The van der Waals surface area contributed by atoms with Gasteiger partial charge < -0.3 is 20.1 Å². The molecule has 28 heteroatoms. The number of hydrogen-bond acceptors (Lipinski definition) is 4. The number of hydrogen-bond donors (Lipinski definition) is 2. The van der Waals surface area contributed by atoms with E-state index in [0.717, 1.165) is 0 Å². The van der Waals surface area contributed by atoms with E-state index in [1.807, 2.05) is 0 Å². The summed E-state index contributed by atoms with van der Waals surface area (Å²) in [6.45, 7) is -7.44. The van der Waals surface area contributed by atoms with Crippen molar-refractivity contribution in [3.05, 3.63) is 0 Å². The van der Waals surface area contributed by atoms with Gasteiger partial charge >= 0.3 is 71.9 Å². The zero-order chi connectivity index (χ0) is 38.6. The number of carbonyl (C=O) groups excluding carboxylic acids is 2. The predicted molar refractivity (Wildman–Crippen MR) is 109 cm³/mol. The van der Waals surface area contributed by atoms with Crippen LogP contribution in [0.25, 0.3) is 0 Å². The maximum atomic E-state index is 13.4. The quantitative estimate of drug-likeness (QED) is 0.116. The molecular weight excluding hydrogens is 750 g/mol. The lowest BCUT2D eigenvalue weighted by molar-refractivity contribution is -0.423. The van der Waals surface area contributed by atoms with Crippen LogP contribution in [0.5, 0.6) is 0 Å². The second-order valence-corrected chi connectivity index (χ2v) is 9.27. The van der Waals surface area contributed by atoms with Crippen molar-refractivity contribution in [2.24, 2.45) is 0 Å². The van der Waals surface area contributed by atoms with Gasteiger partial charge in [0.15, 0.2) is 13.2 Å². The summed E-state index contributed by atoms with van der Waals surface area (Å²) < 4.78 is 290. The first-order valence-electron chi connectivity index (χ1n) is 12.0. The van der Waals surface area contributed by atoms with Gasteiger partial charge in [-0.1, -0.05) is 12.8 Å². The molecule has 0 bridgehead atoms. The highest BCUT2D eigenvalue weighted by Crippen LogP contribution is 2.58. The number of halogens is 22. The van der Waals surface area contributed by atoms with E-state index in [1.54, 1.807) is 10.6 Å². The van der Waals surface area contributed by atoms with Crippen molar-refractivity contribution in [2.45, 2.75) is 85.4 Å². The molecule has 0 heterocycles. The first-order chi connectivity index (χ1) is 21.0. The molecule has 0 fully saturated rings. The number of ether oxygens (including phenoxy) is 2. The molecule has 2 amide bonds. The highest BCUT2D eigenvalue weighted by Gasteiger charge is 2.88. The molecule has 0 aromatic carbocycles. The van der Waals surface area contributed by atoms with Crippen molar-refractivity contribution in [1.29, 1.82) is 0 Å². The van der Waals surface area contributed by atoms with Crippen molar-refractivity contribution < 1.29 is 116 Å². The van der Waals surface area contributed by atoms with Crippen LogP contribution in [-0.4, -0.2) is 98.2 Å². The van der Waals surface area contributed by atoms with E-state index in [4.69, 9.17) is 0 Å². The molecule has 0 aliphatic rings. The Bertz CT molecular complexity index is 1000. The van der Waals surface area contributed by atoms with Crippen molar-refractivity contribution in [3.63, 3.8) is 0 Å². The largest absolute Gasteiger partial charge is 0.460 e. The lowest BCUT2D eigenvalue weighted by Crippen LogP contribution is -2.67. The minimum absolute atomic E-state index is 0.0588. The molecule has 0 saturated carbocycles. The fourth-order valence-corrected chi connectivity index (χ4v) is 2.79. The van der Waals surface area contributed by atoms with Crippen LogP contribution in [0.2, 0.25) is 0 Å². The van der Waals surface area contributed by atoms with Crippen molar-refractivity contribution >= 4 is 12.2 Å². The van der Waals surface area contributed by atoms with Gasteiger partial charge in [-0.25, -0.2) is 9.59 Å². The topological polar surface area (TPSA) is 76.7 Å².